The Morgan fingerprint density at radius 1 is 1.30 bits per heavy atom. The fraction of sp³-hybridized carbons (Fsp3) is 0.435. The Kier molecular flexibility index (Phi) is 5.27. The molecule has 0 radical (unpaired) electrons. The smallest absolute Gasteiger partial charge is 0.405 e. The highest BCUT2D eigenvalue weighted by atomic mass is 19.1. The third-order valence-electron chi connectivity index (χ3n) is 5.51. The summed E-state index contributed by atoms with van der Waals surface area (Å²) in [5, 5.41) is 11.8. The molecule has 0 unspecified atom stereocenters. The van der Waals surface area contributed by atoms with Gasteiger partial charge >= 0.3 is 6.09 Å². The van der Waals surface area contributed by atoms with Crippen molar-refractivity contribution in [1.82, 2.24) is 5.32 Å². The molecule has 1 aliphatic rings. The normalized spacial score (nSPS) is 18.2. The summed E-state index contributed by atoms with van der Waals surface area (Å²) in [4.78, 5) is 11.3. The van der Waals surface area contributed by atoms with Gasteiger partial charge in [0.1, 0.15) is 5.82 Å². The molecule has 0 saturated carbocycles. The molecule has 4 heteroatoms. The van der Waals surface area contributed by atoms with E-state index in [9.17, 15) is 9.90 Å². The predicted octanol–water partition coefficient (Wildman–Crippen LogP) is 5.97. The van der Waals surface area contributed by atoms with Crippen molar-refractivity contribution in [3.63, 3.8) is 0 Å². The maximum absolute atomic E-state index is 15.0. The van der Waals surface area contributed by atoms with Gasteiger partial charge in [0.2, 0.25) is 0 Å². The minimum Gasteiger partial charge on any atom is -0.465 e. The minimum absolute atomic E-state index is 0.253. The average molecular weight is 369 g/mol. The second-order valence-corrected chi connectivity index (χ2v) is 8.70. The van der Waals surface area contributed by atoms with Crippen LogP contribution >= 0.6 is 0 Å². The molecule has 0 saturated heterocycles. The van der Waals surface area contributed by atoms with E-state index < -0.39 is 12.1 Å². The predicted molar refractivity (Wildman–Crippen MR) is 106 cm³/mol. The molecule has 0 aliphatic heterocycles. The number of benzene rings is 2. The summed E-state index contributed by atoms with van der Waals surface area (Å²) in [7, 11) is 0. The van der Waals surface area contributed by atoms with Gasteiger partial charge in [0.25, 0.3) is 0 Å². The number of hydrogen-bond donors (Lipinski definition) is 2. The standard InChI is InChI=1S/C23H28FNO2/c1-14(2)10-15-6-5-7-16(11-15)18-12-17-8-9-23(3,4)21(25-22(26)27)19(17)13-20(18)24/h5-7,11-14,21,25H,8-10H2,1-4H3,(H,26,27)/t21-/m0/s1. The van der Waals surface area contributed by atoms with Crippen LogP contribution in [0, 0.1) is 17.2 Å². The van der Waals surface area contributed by atoms with E-state index in [1.807, 2.05) is 32.0 Å². The lowest BCUT2D eigenvalue weighted by Crippen LogP contribution is -2.40. The first-order chi connectivity index (χ1) is 12.7. The lowest BCUT2D eigenvalue weighted by atomic mass is 9.70. The highest BCUT2D eigenvalue weighted by Crippen LogP contribution is 2.45. The quantitative estimate of drug-likeness (QED) is 0.697. The topological polar surface area (TPSA) is 49.3 Å². The summed E-state index contributed by atoms with van der Waals surface area (Å²) in [6.45, 7) is 8.39. The van der Waals surface area contributed by atoms with Crippen LogP contribution in [0.1, 0.15) is 56.8 Å². The Morgan fingerprint density at radius 3 is 2.70 bits per heavy atom. The zero-order chi connectivity index (χ0) is 19.8. The van der Waals surface area contributed by atoms with Crippen LogP contribution in [0.5, 0.6) is 0 Å². The molecule has 144 valence electrons. The molecule has 2 aromatic carbocycles. The molecule has 1 aliphatic carbocycles. The fourth-order valence-electron chi connectivity index (χ4n) is 4.10. The highest BCUT2D eigenvalue weighted by Gasteiger charge is 2.37. The fourth-order valence-corrected chi connectivity index (χ4v) is 4.10. The van der Waals surface area contributed by atoms with Crippen molar-refractivity contribution in [2.45, 2.75) is 53.0 Å². The highest BCUT2D eigenvalue weighted by molar-refractivity contribution is 5.69. The van der Waals surface area contributed by atoms with E-state index in [2.05, 4.69) is 31.3 Å². The van der Waals surface area contributed by atoms with Crippen molar-refractivity contribution in [1.29, 1.82) is 0 Å². The summed E-state index contributed by atoms with van der Waals surface area (Å²) in [6.07, 6.45) is 1.55. The van der Waals surface area contributed by atoms with Gasteiger partial charge in [-0.15, -0.1) is 0 Å². The Balaban J connectivity index is 2.03. The van der Waals surface area contributed by atoms with E-state index in [1.165, 1.54) is 11.6 Å². The molecule has 1 amide bonds. The third-order valence-corrected chi connectivity index (χ3v) is 5.51. The van der Waals surface area contributed by atoms with Crippen molar-refractivity contribution < 1.29 is 14.3 Å². The molecule has 0 aromatic heterocycles. The number of carboxylic acid groups (broad SMARTS) is 1. The first-order valence-corrected chi connectivity index (χ1v) is 9.58. The maximum atomic E-state index is 15.0. The van der Waals surface area contributed by atoms with Crippen molar-refractivity contribution in [3.05, 3.63) is 58.9 Å². The summed E-state index contributed by atoms with van der Waals surface area (Å²) >= 11 is 0. The van der Waals surface area contributed by atoms with Gasteiger partial charge < -0.3 is 10.4 Å². The van der Waals surface area contributed by atoms with Crippen LogP contribution in [0.4, 0.5) is 9.18 Å². The van der Waals surface area contributed by atoms with Crippen LogP contribution in [-0.4, -0.2) is 11.2 Å². The van der Waals surface area contributed by atoms with Gasteiger partial charge in [0, 0.05) is 5.56 Å². The second kappa shape index (κ2) is 7.34. The molecule has 1 atom stereocenters. The molecule has 2 aromatic rings. The number of halogens is 1. The molecule has 0 fully saturated rings. The number of amides is 1. The van der Waals surface area contributed by atoms with Gasteiger partial charge in [-0.25, -0.2) is 9.18 Å². The molecular weight excluding hydrogens is 341 g/mol. The van der Waals surface area contributed by atoms with Crippen molar-refractivity contribution in [3.8, 4) is 11.1 Å². The molecular formula is C23H28FNO2. The van der Waals surface area contributed by atoms with E-state index >= 15 is 4.39 Å². The second-order valence-electron chi connectivity index (χ2n) is 8.70. The van der Waals surface area contributed by atoms with E-state index in [0.717, 1.165) is 36.0 Å². The minimum atomic E-state index is -1.08. The van der Waals surface area contributed by atoms with E-state index in [-0.39, 0.29) is 11.2 Å². The number of fused-ring (bicyclic) bond motifs is 1. The monoisotopic (exact) mass is 369 g/mol. The number of aryl methyl sites for hydroxylation is 1. The number of hydrogen-bond acceptors (Lipinski definition) is 1. The van der Waals surface area contributed by atoms with Gasteiger partial charge in [0.05, 0.1) is 6.04 Å². The van der Waals surface area contributed by atoms with Crippen LogP contribution in [0.2, 0.25) is 0 Å². The Hall–Kier alpha value is -2.36. The average Bonchev–Trinajstić information content (AvgIpc) is 2.57. The van der Waals surface area contributed by atoms with Crippen LogP contribution in [0.25, 0.3) is 11.1 Å². The summed E-state index contributed by atoms with van der Waals surface area (Å²) in [6, 6.07) is 11.1. The maximum Gasteiger partial charge on any atom is 0.405 e. The van der Waals surface area contributed by atoms with Gasteiger partial charge in [-0.1, -0.05) is 52.0 Å². The first-order valence-electron chi connectivity index (χ1n) is 9.58. The molecule has 0 bridgehead atoms. The molecule has 3 nitrogen and oxygen atoms in total. The zero-order valence-electron chi connectivity index (χ0n) is 16.5. The molecule has 3 rings (SSSR count). The molecule has 0 heterocycles. The lowest BCUT2D eigenvalue weighted by molar-refractivity contribution is 0.161. The SMILES string of the molecule is CC(C)Cc1cccc(-c2cc3c(cc2F)[C@H](NC(=O)O)C(C)(C)CC3)c1. The van der Waals surface area contributed by atoms with Gasteiger partial charge in [-0.3, -0.25) is 0 Å². The van der Waals surface area contributed by atoms with E-state index in [4.69, 9.17) is 0 Å². The van der Waals surface area contributed by atoms with Crippen molar-refractivity contribution in [2.75, 3.05) is 0 Å². The Labute approximate surface area is 160 Å². The van der Waals surface area contributed by atoms with Crippen LogP contribution in [-0.2, 0) is 12.8 Å². The van der Waals surface area contributed by atoms with Gasteiger partial charge in [-0.2, -0.15) is 0 Å². The molecule has 2 N–H and O–H groups in total. The van der Waals surface area contributed by atoms with Crippen LogP contribution in [0.3, 0.4) is 0 Å². The number of carbonyl (C=O) groups is 1. The van der Waals surface area contributed by atoms with Gasteiger partial charge in [-0.05, 0) is 65.0 Å². The summed E-state index contributed by atoms with van der Waals surface area (Å²) in [5.41, 5.74) is 4.20. The first kappa shape index (κ1) is 19.4. The van der Waals surface area contributed by atoms with E-state index in [0.29, 0.717) is 11.5 Å². The van der Waals surface area contributed by atoms with Crippen molar-refractivity contribution in [2.24, 2.45) is 11.3 Å². The van der Waals surface area contributed by atoms with E-state index in [1.54, 1.807) is 0 Å². The largest absolute Gasteiger partial charge is 0.465 e. The number of nitrogens with one attached hydrogen (secondary N) is 1. The summed E-state index contributed by atoms with van der Waals surface area (Å²) < 4.78 is 15.0. The van der Waals surface area contributed by atoms with Crippen LogP contribution in [0.15, 0.2) is 36.4 Å². The third kappa shape index (κ3) is 4.15. The molecule has 27 heavy (non-hydrogen) atoms. The van der Waals surface area contributed by atoms with Gasteiger partial charge in [0.15, 0.2) is 0 Å². The molecule has 0 spiro atoms. The summed E-state index contributed by atoms with van der Waals surface area (Å²) in [5.74, 6) is 0.240. The van der Waals surface area contributed by atoms with Crippen molar-refractivity contribution >= 4 is 6.09 Å². The Bertz CT molecular complexity index is 857. The van der Waals surface area contributed by atoms with Crippen LogP contribution < -0.4 is 5.32 Å². The zero-order valence-corrected chi connectivity index (χ0v) is 16.5. The Morgan fingerprint density at radius 2 is 2.04 bits per heavy atom. The lowest BCUT2D eigenvalue weighted by Gasteiger charge is -2.40. The number of rotatable bonds is 4.